The molecule has 2 aromatic rings. The second-order valence-corrected chi connectivity index (χ2v) is 6.89. The molecule has 0 saturated heterocycles. The predicted octanol–water partition coefficient (Wildman–Crippen LogP) is 0.202. The molecule has 2 heterocycles. The van der Waals surface area contributed by atoms with E-state index in [0.29, 0.717) is 30.4 Å². The van der Waals surface area contributed by atoms with Gasteiger partial charge in [-0.05, 0) is 24.7 Å². The fourth-order valence-electron chi connectivity index (χ4n) is 2.42. The second-order valence-electron chi connectivity index (χ2n) is 4.96. The zero-order valence-electron chi connectivity index (χ0n) is 11.7. The minimum Gasteiger partial charge on any atom is -0.316 e. The van der Waals surface area contributed by atoms with Gasteiger partial charge in [0.1, 0.15) is 12.2 Å². The fraction of sp³-hybridized carbons (Fsp3) is 0.385. The van der Waals surface area contributed by atoms with Gasteiger partial charge in [0.2, 0.25) is 10.0 Å². The summed E-state index contributed by atoms with van der Waals surface area (Å²) in [5.74, 6) is 0.677. The van der Waals surface area contributed by atoms with Crippen LogP contribution in [0.15, 0.2) is 35.5 Å². The van der Waals surface area contributed by atoms with Crippen LogP contribution in [-0.2, 0) is 29.7 Å². The van der Waals surface area contributed by atoms with Crippen molar-refractivity contribution in [2.24, 2.45) is 0 Å². The van der Waals surface area contributed by atoms with Gasteiger partial charge in [-0.2, -0.15) is 4.31 Å². The van der Waals surface area contributed by atoms with Gasteiger partial charge in [0.25, 0.3) is 0 Å². The van der Waals surface area contributed by atoms with Crippen LogP contribution >= 0.6 is 0 Å². The smallest absolute Gasteiger partial charge is 0.243 e. The molecular weight excluding hydrogens is 290 g/mol. The van der Waals surface area contributed by atoms with E-state index in [1.54, 1.807) is 24.5 Å². The molecule has 0 radical (unpaired) electrons. The molecular formula is C13H17N5O2S. The van der Waals surface area contributed by atoms with Crippen LogP contribution in [0.1, 0.15) is 11.4 Å². The Hall–Kier alpha value is -1.77. The van der Waals surface area contributed by atoms with E-state index >= 15 is 0 Å². The average Bonchev–Trinajstić information content (AvgIpc) is 2.95. The van der Waals surface area contributed by atoms with E-state index in [1.165, 1.54) is 4.31 Å². The molecule has 8 heteroatoms. The number of nitrogens with one attached hydrogen (secondary N) is 1. The van der Waals surface area contributed by atoms with E-state index in [1.807, 2.05) is 17.7 Å². The molecule has 1 aromatic carbocycles. The normalized spacial score (nSPS) is 15.9. The maximum absolute atomic E-state index is 12.7. The van der Waals surface area contributed by atoms with Crippen molar-refractivity contribution >= 4 is 10.0 Å². The van der Waals surface area contributed by atoms with Crippen LogP contribution in [0, 0.1) is 0 Å². The van der Waals surface area contributed by atoms with Crippen LogP contribution in [0.4, 0.5) is 0 Å². The SMILES string of the molecule is CNCc1cccc(S(=O)(=O)N2CCn3cnnc3C2)c1. The topological polar surface area (TPSA) is 80.1 Å². The molecule has 0 amide bonds. The number of fused-ring (bicyclic) bond motifs is 1. The Morgan fingerprint density at radius 2 is 2.19 bits per heavy atom. The third kappa shape index (κ3) is 2.69. The molecule has 0 bridgehead atoms. The van der Waals surface area contributed by atoms with Crippen molar-refractivity contribution in [1.82, 2.24) is 24.4 Å². The summed E-state index contributed by atoms with van der Waals surface area (Å²) in [4.78, 5) is 0.322. The van der Waals surface area contributed by atoms with Gasteiger partial charge in [-0.3, -0.25) is 0 Å². The third-order valence-corrected chi connectivity index (χ3v) is 5.36. The van der Waals surface area contributed by atoms with E-state index in [4.69, 9.17) is 0 Å². The summed E-state index contributed by atoms with van der Waals surface area (Å²) in [5.41, 5.74) is 0.943. The highest BCUT2D eigenvalue weighted by atomic mass is 32.2. The monoisotopic (exact) mass is 307 g/mol. The van der Waals surface area contributed by atoms with Gasteiger partial charge in [0.15, 0.2) is 0 Å². The molecule has 0 fully saturated rings. The second kappa shape index (κ2) is 5.55. The summed E-state index contributed by atoms with van der Waals surface area (Å²) in [6.07, 6.45) is 1.63. The number of hydrogen-bond donors (Lipinski definition) is 1. The van der Waals surface area contributed by atoms with Crippen LogP contribution in [0.25, 0.3) is 0 Å². The zero-order chi connectivity index (χ0) is 14.9. The van der Waals surface area contributed by atoms with Crippen molar-refractivity contribution in [1.29, 1.82) is 0 Å². The highest BCUT2D eigenvalue weighted by Crippen LogP contribution is 2.21. The Bertz CT molecular complexity index is 741. The minimum absolute atomic E-state index is 0.262. The van der Waals surface area contributed by atoms with Gasteiger partial charge in [0.05, 0.1) is 11.4 Å². The Kier molecular flexibility index (Phi) is 3.75. The molecule has 0 spiro atoms. The number of rotatable bonds is 4. The summed E-state index contributed by atoms with van der Waals surface area (Å²) in [6, 6.07) is 7.02. The summed E-state index contributed by atoms with van der Waals surface area (Å²) in [6.45, 7) is 1.91. The molecule has 1 N–H and O–H groups in total. The van der Waals surface area contributed by atoms with Crippen molar-refractivity contribution in [2.45, 2.75) is 24.5 Å². The fourth-order valence-corrected chi connectivity index (χ4v) is 3.87. The van der Waals surface area contributed by atoms with Gasteiger partial charge < -0.3 is 9.88 Å². The first-order valence-corrected chi connectivity index (χ1v) is 8.15. The van der Waals surface area contributed by atoms with Crippen LogP contribution in [0.3, 0.4) is 0 Å². The van der Waals surface area contributed by atoms with E-state index in [0.717, 1.165) is 5.56 Å². The van der Waals surface area contributed by atoms with Crippen LogP contribution in [0.5, 0.6) is 0 Å². The van der Waals surface area contributed by atoms with Crippen LogP contribution < -0.4 is 5.32 Å². The van der Waals surface area contributed by atoms with Crippen molar-refractivity contribution in [3.63, 3.8) is 0 Å². The Balaban J connectivity index is 1.89. The summed E-state index contributed by atoms with van der Waals surface area (Å²) >= 11 is 0. The van der Waals surface area contributed by atoms with E-state index in [2.05, 4.69) is 15.5 Å². The highest BCUT2D eigenvalue weighted by molar-refractivity contribution is 7.89. The van der Waals surface area contributed by atoms with Gasteiger partial charge in [0, 0.05) is 19.6 Å². The molecule has 1 aliphatic heterocycles. The van der Waals surface area contributed by atoms with Crippen LogP contribution in [-0.4, -0.2) is 41.1 Å². The molecule has 1 aliphatic rings. The Morgan fingerprint density at radius 3 is 3.00 bits per heavy atom. The lowest BCUT2D eigenvalue weighted by Crippen LogP contribution is -2.38. The molecule has 3 rings (SSSR count). The largest absolute Gasteiger partial charge is 0.316 e. The number of hydrogen-bond acceptors (Lipinski definition) is 5. The quantitative estimate of drug-likeness (QED) is 0.873. The van der Waals surface area contributed by atoms with Crippen LogP contribution in [0.2, 0.25) is 0 Å². The minimum atomic E-state index is -3.50. The highest BCUT2D eigenvalue weighted by Gasteiger charge is 2.29. The average molecular weight is 307 g/mol. The maximum atomic E-state index is 12.7. The first-order chi connectivity index (χ1) is 10.1. The van der Waals surface area contributed by atoms with Gasteiger partial charge in [-0.25, -0.2) is 8.42 Å². The lowest BCUT2D eigenvalue weighted by atomic mass is 10.2. The van der Waals surface area contributed by atoms with Crippen molar-refractivity contribution < 1.29 is 8.42 Å². The van der Waals surface area contributed by atoms with E-state index in [9.17, 15) is 8.42 Å². The lowest BCUT2D eigenvalue weighted by Gasteiger charge is -2.26. The first-order valence-electron chi connectivity index (χ1n) is 6.71. The van der Waals surface area contributed by atoms with Gasteiger partial charge in [-0.15, -0.1) is 10.2 Å². The summed E-state index contributed by atoms with van der Waals surface area (Å²) in [7, 11) is -1.67. The third-order valence-electron chi connectivity index (χ3n) is 3.52. The van der Waals surface area contributed by atoms with Crippen molar-refractivity contribution in [3.05, 3.63) is 42.0 Å². The molecule has 21 heavy (non-hydrogen) atoms. The summed E-state index contributed by atoms with van der Waals surface area (Å²) < 4.78 is 28.8. The van der Waals surface area contributed by atoms with Crippen molar-refractivity contribution in [2.75, 3.05) is 13.6 Å². The van der Waals surface area contributed by atoms with Crippen molar-refractivity contribution in [3.8, 4) is 0 Å². The Labute approximate surface area is 123 Å². The van der Waals surface area contributed by atoms with E-state index in [-0.39, 0.29) is 6.54 Å². The number of aromatic nitrogens is 3. The first kappa shape index (κ1) is 14.2. The van der Waals surface area contributed by atoms with E-state index < -0.39 is 10.0 Å². The maximum Gasteiger partial charge on any atom is 0.243 e. The molecule has 1 aromatic heterocycles. The molecule has 0 atom stereocenters. The van der Waals surface area contributed by atoms with Gasteiger partial charge in [-0.1, -0.05) is 12.1 Å². The number of nitrogens with zero attached hydrogens (tertiary/aromatic N) is 4. The number of benzene rings is 1. The standard InChI is InChI=1S/C13H17N5O2S/c1-14-8-11-3-2-4-12(7-11)21(19,20)18-6-5-17-10-15-16-13(17)9-18/h2-4,7,10,14H,5-6,8-9H2,1H3. The molecule has 0 unspecified atom stereocenters. The molecule has 0 aliphatic carbocycles. The van der Waals surface area contributed by atoms with Gasteiger partial charge >= 0.3 is 0 Å². The lowest BCUT2D eigenvalue weighted by molar-refractivity contribution is 0.335. The predicted molar refractivity (Wildman–Crippen MR) is 76.8 cm³/mol. The molecule has 0 saturated carbocycles. The molecule has 7 nitrogen and oxygen atoms in total. The molecule has 112 valence electrons. The number of sulfonamides is 1. The zero-order valence-corrected chi connectivity index (χ0v) is 12.5. The Morgan fingerprint density at radius 1 is 1.33 bits per heavy atom. The summed E-state index contributed by atoms with van der Waals surface area (Å²) in [5, 5.41) is 10.8.